The van der Waals surface area contributed by atoms with Gasteiger partial charge in [0.1, 0.15) is 6.10 Å². The average Bonchev–Trinajstić information content (AvgIpc) is 2.61. The summed E-state index contributed by atoms with van der Waals surface area (Å²) in [6, 6.07) is 3.56. The second-order valence-electron chi connectivity index (χ2n) is 3.00. The molecule has 0 unspecified atom stereocenters. The topological polar surface area (TPSA) is 57.4 Å². The molecule has 1 saturated heterocycles. The molecule has 1 aliphatic heterocycles. The van der Waals surface area contributed by atoms with Gasteiger partial charge in [0.15, 0.2) is 0 Å². The molecule has 0 radical (unpaired) electrons. The first-order valence-corrected chi connectivity index (χ1v) is 4.31. The number of nitrogen functional groups attached to an aromatic ring is 1. The molecular weight excluding hydrogens is 168 g/mol. The van der Waals surface area contributed by atoms with E-state index in [4.69, 9.17) is 15.2 Å². The second kappa shape index (κ2) is 3.62. The number of ether oxygens (including phenoxy) is 2. The Morgan fingerprint density at radius 2 is 2.54 bits per heavy atom. The molecule has 1 atom stereocenters. The van der Waals surface area contributed by atoms with E-state index in [2.05, 4.69) is 4.98 Å². The number of rotatable bonds is 2. The molecule has 0 spiro atoms. The number of nitrogens with zero attached hydrogens (tertiary/aromatic N) is 1. The van der Waals surface area contributed by atoms with Crippen molar-refractivity contribution in [2.45, 2.75) is 12.5 Å². The van der Waals surface area contributed by atoms with Crippen LogP contribution in [0.25, 0.3) is 0 Å². The van der Waals surface area contributed by atoms with Gasteiger partial charge in [0.05, 0.1) is 18.9 Å². The maximum Gasteiger partial charge on any atom is 0.237 e. The average molecular weight is 180 g/mol. The minimum absolute atomic E-state index is 0.109. The number of hydrogen-bond acceptors (Lipinski definition) is 4. The number of hydrogen-bond donors (Lipinski definition) is 1. The van der Waals surface area contributed by atoms with Crippen LogP contribution < -0.4 is 10.5 Å². The molecule has 0 saturated carbocycles. The molecule has 2 heterocycles. The van der Waals surface area contributed by atoms with Gasteiger partial charge in [-0.3, -0.25) is 0 Å². The lowest BCUT2D eigenvalue weighted by molar-refractivity contribution is 0.138. The van der Waals surface area contributed by atoms with Crippen LogP contribution in [0, 0.1) is 0 Å². The Morgan fingerprint density at radius 1 is 1.62 bits per heavy atom. The van der Waals surface area contributed by atoms with Gasteiger partial charge >= 0.3 is 0 Å². The number of anilines is 1. The highest BCUT2D eigenvalue weighted by Gasteiger charge is 2.18. The lowest BCUT2D eigenvalue weighted by atomic mass is 10.3. The van der Waals surface area contributed by atoms with E-state index >= 15 is 0 Å². The van der Waals surface area contributed by atoms with Crippen molar-refractivity contribution in [3.05, 3.63) is 18.3 Å². The Kier molecular flexibility index (Phi) is 2.31. The summed E-state index contributed by atoms with van der Waals surface area (Å²) in [5, 5.41) is 0. The zero-order valence-electron chi connectivity index (χ0n) is 7.27. The van der Waals surface area contributed by atoms with Crippen LogP contribution in [0.1, 0.15) is 6.42 Å². The fraction of sp³-hybridized carbons (Fsp3) is 0.444. The second-order valence-corrected chi connectivity index (χ2v) is 3.00. The van der Waals surface area contributed by atoms with Gasteiger partial charge < -0.3 is 15.2 Å². The van der Waals surface area contributed by atoms with Crippen molar-refractivity contribution in [2.75, 3.05) is 18.9 Å². The normalized spacial score (nSPS) is 21.7. The molecule has 1 aliphatic rings. The molecule has 1 fully saturated rings. The SMILES string of the molecule is Nc1cccnc1O[C@@H]1CCOC1. The quantitative estimate of drug-likeness (QED) is 0.732. The van der Waals surface area contributed by atoms with Crippen LogP contribution in [0.3, 0.4) is 0 Å². The number of pyridine rings is 1. The zero-order valence-corrected chi connectivity index (χ0v) is 7.27. The van der Waals surface area contributed by atoms with Crippen molar-refractivity contribution in [2.24, 2.45) is 0 Å². The smallest absolute Gasteiger partial charge is 0.237 e. The van der Waals surface area contributed by atoms with E-state index in [-0.39, 0.29) is 6.10 Å². The van der Waals surface area contributed by atoms with Crippen molar-refractivity contribution in [3.8, 4) is 5.88 Å². The first-order valence-electron chi connectivity index (χ1n) is 4.31. The van der Waals surface area contributed by atoms with Crippen LogP contribution >= 0.6 is 0 Å². The Balaban J connectivity index is 2.04. The maximum absolute atomic E-state index is 5.67. The fourth-order valence-corrected chi connectivity index (χ4v) is 1.27. The largest absolute Gasteiger partial charge is 0.470 e. The fourth-order valence-electron chi connectivity index (χ4n) is 1.27. The molecule has 0 aromatic carbocycles. The van der Waals surface area contributed by atoms with Crippen LogP contribution in [0.15, 0.2) is 18.3 Å². The van der Waals surface area contributed by atoms with Crippen LogP contribution in [0.4, 0.5) is 5.69 Å². The van der Waals surface area contributed by atoms with Gasteiger partial charge in [0, 0.05) is 12.6 Å². The minimum Gasteiger partial charge on any atom is -0.470 e. The molecule has 2 N–H and O–H groups in total. The zero-order chi connectivity index (χ0) is 9.10. The summed E-state index contributed by atoms with van der Waals surface area (Å²) in [6.45, 7) is 1.40. The van der Waals surface area contributed by atoms with Gasteiger partial charge in [-0.25, -0.2) is 4.98 Å². The molecule has 13 heavy (non-hydrogen) atoms. The van der Waals surface area contributed by atoms with Gasteiger partial charge in [-0.15, -0.1) is 0 Å². The lowest BCUT2D eigenvalue weighted by Gasteiger charge is -2.11. The predicted molar refractivity (Wildman–Crippen MR) is 48.5 cm³/mol. The Bertz CT molecular complexity index is 285. The highest BCUT2D eigenvalue weighted by atomic mass is 16.5. The van der Waals surface area contributed by atoms with Crippen LogP contribution in [0.5, 0.6) is 5.88 Å². The van der Waals surface area contributed by atoms with Gasteiger partial charge in [0.25, 0.3) is 0 Å². The highest BCUT2D eigenvalue weighted by molar-refractivity contribution is 5.46. The molecular formula is C9H12N2O2. The number of nitrogens with two attached hydrogens (primary N) is 1. The molecule has 4 nitrogen and oxygen atoms in total. The van der Waals surface area contributed by atoms with Crippen LogP contribution in [-0.2, 0) is 4.74 Å². The summed E-state index contributed by atoms with van der Waals surface area (Å²) in [7, 11) is 0. The van der Waals surface area contributed by atoms with Gasteiger partial charge in [-0.05, 0) is 12.1 Å². The molecule has 4 heteroatoms. The third-order valence-electron chi connectivity index (χ3n) is 1.97. The van der Waals surface area contributed by atoms with Crippen molar-refractivity contribution < 1.29 is 9.47 Å². The van der Waals surface area contributed by atoms with E-state index in [0.717, 1.165) is 13.0 Å². The maximum atomic E-state index is 5.67. The summed E-state index contributed by atoms with van der Waals surface area (Å²) in [4.78, 5) is 4.04. The molecule has 0 bridgehead atoms. The van der Waals surface area contributed by atoms with E-state index in [9.17, 15) is 0 Å². The first kappa shape index (κ1) is 8.31. The molecule has 0 aliphatic carbocycles. The minimum atomic E-state index is 0.109. The van der Waals surface area contributed by atoms with Gasteiger partial charge in [-0.2, -0.15) is 0 Å². The van der Waals surface area contributed by atoms with E-state index in [1.54, 1.807) is 18.3 Å². The first-order chi connectivity index (χ1) is 6.36. The van der Waals surface area contributed by atoms with Gasteiger partial charge in [-0.1, -0.05) is 0 Å². The Labute approximate surface area is 76.7 Å². The summed E-state index contributed by atoms with van der Waals surface area (Å²) in [5.74, 6) is 0.512. The standard InChI is InChI=1S/C9H12N2O2/c10-8-2-1-4-11-9(8)13-7-3-5-12-6-7/h1-2,4,7H,3,5-6,10H2/t7-/m1/s1. The van der Waals surface area contributed by atoms with E-state index in [1.807, 2.05) is 0 Å². The number of aromatic nitrogens is 1. The summed E-state index contributed by atoms with van der Waals surface area (Å²) in [5.41, 5.74) is 6.25. The van der Waals surface area contributed by atoms with Crippen molar-refractivity contribution in [1.82, 2.24) is 4.98 Å². The highest BCUT2D eigenvalue weighted by Crippen LogP contribution is 2.20. The molecule has 1 aromatic heterocycles. The third-order valence-corrected chi connectivity index (χ3v) is 1.97. The van der Waals surface area contributed by atoms with E-state index in [0.29, 0.717) is 18.2 Å². The third kappa shape index (κ3) is 1.89. The molecule has 1 aromatic rings. The monoisotopic (exact) mass is 180 g/mol. The summed E-state index contributed by atoms with van der Waals surface area (Å²) < 4.78 is 10.7. The predicted octanol–water partition coefficient (Wildman–Crippen LogP) is 0.831. The lowest BCUT2D eigenvalue weighted by Crippen LogP contribution is -2.17. The molecule has 2 rings (SSSR count). The summed E-state index contributed by atoms with van der Waals surface area (Å²) >= 11 is 0. The Morgan fingerprint density at radius 3 is 3.23 bits per heavy atom. The molecule has 0 amide bonds. The van der Waals surface area contributed by atoms with Crippen LogP contribution in [0.2, 0.25) is 0 Å². The summed E-state index contributed by atoms with van der Waals surface area (Å²) in [6.07, 6.45) is 2.69. The van der Waals surface area contributed by atoms with Crippen molar-refractivity contribution in [1.29, 1.82) is 0 Å². The van der Waals surface area contributed by atoms with Gasteiger partial charge in [0.2, 0.25) is 5.88 Å². The van der Waals surface area contributed by atoms with E-state index in [1.165, 1.54) is 0 Å². The van der Waals surface area contributed by atoms with Crippen molar-refractivity contribution in [3.63, 3.8) is 0 Å². The molecule has 70 valence electrons. The Hall–Kier alpha value is -1.29. The van der Waals surface area contributed by atoms with E-state index < -0.39 is 0 Å². The van der Waals surface area contributed by atoms with Crippen molar-refractivity contribution >= 4 is 5.69 Å². The van der Waals surface area contributed by atoms with Crippen LogP contribution in [-0.4, -0.2) is 24.3 Å².